The number of amides is 1. The minimum absolute atomic E-state index is 0.000635. The highest BCUT2D eigenvalue weighted by Gasteiger charge is 2.15. The van der Waals surface area contributed by atoms with Crippen LogP contribution in [-0.4, -0.2) is 12.5 Å². The maximum Gasteiger partial charge on any atom is 0.251 e. The summed E-state index contributed by atoms with van der Waals surface area (Å²) in [5.41, 5.74) is 5.43. The first-order valence-corrected chi connectivity index (χ1v) is 7.38. The third-order valence-corrected chi connectivity index (χ3v) is 4.01. The van der Waals surface area contributed by atoms with Gasteiger partial charge in [-0.25, -0.2) is 0 Å². The molecule has 2 N–H and O–H groups in total. The van der Waals surface area contributed by atoms with Crippen LogP contribution >= 0.6 is 0 Å². The second-order valence-corrected chi connectivity index (χ2v) is 5.65. The number of carbonyl (C=O) groups excluding carboxylic acids is 1. The number of carbonyl (C=O) groups is 1. The molecule has 0 aromatic heterocycles. The summed E-state index contributed by atoms with van der Waals surface area (Å²) < 4.78 is 0. The van der Waals surface area contributed by atoms with Crippen molar-refractivity contribution in [1.29, 1.82) is 0 Å². The molecule has 1 amide bonds. The first-order valence-electron chi connectivity index (χ1n) is 7.38. The molecule has 2 aromatic carbocycles. The highest BCUT2D eigenvalue weighted by molar-refractivity contribution is 5.95. The Morgan fingerprint density at radius 2 is 1.95 bits per heavy atom. The second kappa shape index (κ2) is 5.60. The molecule has 1 atom stereocenters. The smallest absolute Gasteiger partial charge is 0.251 e. The fourth-order valence-electron chi connectivity index (χ4n) is 2.65. The van der Waals surface area contributed by atoms with Crippen LogP contribution in [0.15, 0.2) is 42.5 Å². The number of anilines is 1. The maximum absolute atomic E-state index is 12.4. The predicted molar refractivity (Wildman–Crippen MR) is 85.7 cm³/mol. The Morgan fingerprint density at radius 3 is 2.71 bits per heavy atom. The fraction of sp³-hybridized carbons (Fsp3) is 0.278. The lowest BCUT2D eigenvalue weighted by Crippen LogP contribution is -2.26. The molecule has 3 heteroatoms. The predicted octanol–water partition coefficient (Wildman–Crippen LogP) is 3.45. The van der Waals surface area contributed by atoms with E-state index in [1.165, 1.54) is 11.1 Å². The molecular weight excluding hydrogens is 260 g/mol. The monoisotopic (exact) mass is 280 g/mol. The first-order chi connectivity index (χ1) is 10.1. The molecule has 1 heterocycles. The van der Waals surface area contributed by atoms with Crippen molar-refractivity contribution in [3.05, 3.63) is 64.7 Å². The number of nitrogens with one attached hydrogen (secondary N) is 2. The minimum atomic E-state index is -0.0282. The van der Waals surface area contributed by atoms with Crippen LogP contribution in [0.4, 0.5) is 5.69 Å². The molecule has 0 radical (unpaired) electrons. The highest BCUT2D eigenvalue weighted by atomic mass is 16.1. The van der Waals surface area contributed by atoms with Gasteiger partial charge in [0.2, 0.25) is 0 Å². The van der Waals surface area contributed by atoms with Gasteiger partial charge in [0.05, 0.1) is 6.04 Å². The van der Waals surface area contributed by atoms with Crippen molar-refractivity contribution in [2.75, 3.05) is 11.9 Å². The summed E-state index contributed by atoms with van der Waals surface area (Å²) in [6.45, 7) is 5.03. The molecule has 0 bridgehead atoms. The summed E-state index contributed by atoms with van der Waals surface area (Å²) in [7, 11) is 0. The number of rotatable bonds is 3. The lowest BCUT2D eigenvalue weighted by Gasteiger charge is -2.15. The van der Waals surface area contributed by atoms with E-state index in [4.69, 9.17) is 0 Å². The lowest BCUT2D eigenvalue weighted by atomic mass is 10.1. The van der Waals surface area contributed by atoms with Crippen molar-refractivity contribution < 1.29 is 4.79 Å². The van der Waals surface area contributed by atoms with E-state index in [-0.39, 0.29) is 11.9 Å². The Hall–Kier alpha value is -2.29. The van der Waals surface area contributed by atoms with Crippen LogP contribution in [0.3, 0.4) is 0 Å². The van der Waals surface area contributed by atoms with Gasteiger partial charge in [-0.15, -0.1) is 0 Å². The molecule has 0 saturated heterocycles. The minimum Gasteiger partial charge on any atom is -0.384 e. The number of aryl methyl sites for hydroxylation is 1. The van der Waals surface area contributed by atoms with Crippen LogP contribution in [0.25, 0.3) is 0 Å². The number of fused-ring (bicyclic) bond motifs is 1. The number of benzene rings is 2. The Morgan fingerprint density at radius 1 is 1.19 bits per heavy atom. The van der Waals surface area contributed by atoms with Gasteiger partial charge in [0.25, 0.3) is 5.91 Å². The van der Waals surface area contributed by atoms with E-state index in [0.717, 1.165) is 24.2 Å². The first kappa shape index (κ1) is 13.7. The molecule has 0 spiro atoms. The van der Waals surface area contributed by atoms with Crippen LogP contribution in [0.2, 0.25) is 0 Å². The van der Waals surface area contributed by atoms with E-state index < -0.39 is 0 Å². The topological polar surface area (TPSA) is 41.1 Å². The summed E-state index contributed by atoms with van der Waals surface area (Å²) in [5.74, 6) is -0.0282. The second-order valence-electron chi connectivity index (χ2n) is 5.65. The highest BCUT2D eigenvalue weighted by Crippen LogP contribution is 2.23. The summed E-state index contributed by atoms with van der Waals surface area (Å²) in [6.07, 6.45) is 1.04. The van der Waals surface area contributed by atoms with Crippen LogP contribution in [0.1, 0.15) is 40.0 Å². The van der Waals surface area contributed by atoms with Gasteiger partial charge in [-0.3, -0.25) is 4.79 Å². The van der Waals surface area contributed by atoms with Crippen molar-refractivity contribution in [2.45, 2.75) is 26.3 Å². The summed E-state index contributed by atoms with van der Waals surface area (Å²) in [4.78, 5) is 12.4. The average molecular weight is 280 g/mol. The van der Waals surface area contributed by atoms with Gasteiger partial charge in [-0.2, -0.15) is 0 Å². The average Bonchev–Trinajstić information content (AvgIpc) is 2.95. The summed E-state index contributed by atoms with van der Waals surface area (Å²) in [5, 5.41) is 6.36. The third kappa shape index (κ3) is 2.92. The van der Waals surface area contributed by atoms with Gasteiger partial charge >= 0.3 is 0 Å². The summed E-state index contributed by atoms with van der Waals surface area (Å²) in [6, 6.07) is 14.1. The molecule has 3 nitrogen and oxygen atoms in total. The van der Waals surface area contributed by atoms with E-state index in [2.05, 4.69) is 41.8 Å². The normalized spacial score (nSPS) is 14.2. The van der Waals surface area contributed by atoms with Gasteiger partial charge < -0.3 is 10.6 Å². The maximum atomic E-state index is 12.4. The molecule has 1 aliphatic heterocycles. The lowest BCUT2D eigenvalue weighted by molar-refractivity contribution is 0.0940. The van der Waals surface area contributed by atoms with Gasteiger partial charge in [-0.1, -0.05) is 35.9 Å². The number of hydrogen-bond acceptors (Lipinski definition) is 2. The Kier molecular flexibility index (Phi) is 3.65. The van der Waals surface area contributed by atoms with Crippen LogP contribution < -0.4 is 10.6 Å². The third-order valence-electron chi connectivity index (χ3n) is 4.01. The zero-order chi connectivity index (χ0) is 14.8. The van der Waals surface area contributed by atoms with Crippen LogP contribution in [-0.2, 0) is 6.42 Å². The molecule has 108 valence electrons. The van der Waals surface area contributed by atoms with Crippen LogP contribution in [0.5, 0.6) is 0 Å². The molecular formula is C18H20N2O. The molecule has 1 aliphatic rings. The molecule has 1 unspecified atom stereocenters. The fourth-order valence-corrected chi connectivity index (χ4v) is 2.65. The molecule has 21 heavy (non-hydrogen) atoms. The van der Waals surface area contributed by atoms with E-state index in [1.54, 1.807) is 0 Å². The molecule has 0 saturated carbocycles. The zero-order valence-electron chi connectivity index (χ0n) is 12.4. The molecule has 2 aromatic rings. The van der Waals surface area contributed by atoms with Crippen molar-refractivity contribution in [3.8, 4) is 0 Å². The van der Waals surface area contributed by atoms with E-state index in [0.29, 0.717) is 5.56 Å². The van der Waals surface area contributed by atoms with Gasteiger partial charge in [-0.05, 0) is 43.5 Å². The van der Waals surface area contributed by atoms with Crippen molar-refractivity contribution in [3.63, 3.8) is 0 Å². The SMILES string of the molecule is Cc1ccc(C(C)NC(=O)c2ccc3c(c2)NCC3)cc1. The molecule has 0 fully saturated rings. The molecule has 3 rings (SSSR count). The van der Waals surface area contributed by atoms with E-state index in [9.17, 15) is 4.79 Å². The Bertz CT molecular complexity index is 661. The largest absolute Gasteiger partial charge is 0.384 e. The zero-order valence-corrected chi connectivity index (χ0v) is 12.4. The Balaban J connectivity index is 1.72. The van der Waals surface area contributed by atoms with E-state index in [1.807, 2.05) is 25.1 Å². The van der Waals surface area contributed by atoms with Crippen molar-refractivity contribution in [1.82, 2.24) is 5.32 Å². The molecule has 0 aliphatic carbocycles. The van der Waals surface area contributed by atoms with Gasteiger partial charge in [0, 0.05) is 17.8 Å². The van der Waals surface area contributed by atoms with Crippen molar-refractivity contribution in [2.24, 2.45) is 0 Å². The Labute approximate surface area is 125 Å². The van der Waals surface area contributed by atoms with Gasteiger partial charge in [0.15, 0.2) is 0 Å². The number of hydrogen-bond donors (Lipinski definition) is 2. The van der Waals surface area contributed by atoms with E-state index >= 15 is 0 Å². The summed E-state index contributed by atoms with van der Waals surface area (Å²) >= 11 is 0. The standard InChI is InChI=1S/C18H20N2O/c1-12-3-5-14(6-4-12)13(2)20-18(21)16-8-7-15-9-10-19-17(15)11-16/h3-8,11,13,19H,9-10H2,1-2H3,(H,20,21). The van der Waals surface area contributed by atoms with Crippen LogP contribution in [0, 0.1) is 6.92 Å². The van der Waals surface area contributed by atoms with Gasteiger partial charge in [0.1, 0.15) is 0 Å². The van der Waals surface area contributed by atoms with Crippen molar-refractivity contribution >= 4 is 11.6 Å². The quantitative estimate of drug-likeness (QED) is 0.904.